The van der Waals surface area contributed by atoms with Crippen molar-refractivity contribution in [3.8, 4) is 0 Å². The van der Waals surface area contributed by atoms with Gasteiger partial charge in [-0.2, -0.15) is 0 Å². The first-order chi connectivity index (χ1) is 11.5. The number of nitrogens with one attached hydrogen (secondary N) is 3. The van der Waals surface area contributed by atoms with E-state index in [1.807, 2.05) is 17.5 Å². The summed E-state index contributed by atoms with van der Waals surface area (Å²) in [6, 6.07) is 12.4. The number of hydrogen-bond donors (Lipinski definition) is 3. The normalized spacial score (nSPS) is 12.0. The van der Waals surface area contributed by atoms with E-state index in [2.05, 4.69) is 54.3 Å². The van der Waals surface area contributed by atoms with Gasteiger partial charge in [0, 0.05) is 11.8 Å². The van der Waals surface area contributed by atoms with Gasteiger partial charge in [-0.1, -0.05) is 44.2 Å². The molecule has 2 aromatic rings. The number of carbonyl (C=O) groups is 2. The molecule has 0 aliphatic carbocycles. The Labute approximate surface area is 146 Å². The monoisotopic (exact) mass is 345 g/mol. The summed E-state index contributed by atoms with van der Waals surface area (Å²) < 4.78 is 0. The zero-order valence-corrected chi connectivity index (χ0v) is 14.9. The second-order valence-electron chi connectivity index (χ2n) is 5.88. The highest BCUT2D eigenvalue weighted by molar-refractivity contribution is 7.10. The van der Waals surface area contributed by atoms with Gasteiger partial charge in [-0.05, 0) is 28.5 Å². The van der Waals surface area contributed by atoms with Crippen LogP contribution >= 0.6 is 11.3 Å². The van der Waals surface area contributed by atoms with Gasteiger partial charge < -0.3 is 0 Å². The topological polar surface area (TPSA) is 70.2 Å². The number of hydrazine groups is 1. The molecular weight excluding hydrogens is 322 g/mol. The van der Waals surface area contributed by atoms with Crippen molar-refractivity contribution in [2.75, 3.05) is 6.54 Å². The average molecular weight is 345 g/mol. The Morgan fingerprint density at radius 3 is 2.25 bits per heavy atom. The fraction of sp³-hybridized carbons (Fsp3) is 0.333. The van der Waals surface area contributed by atoms with Gasteiger partial charge in [0.1, 0.15) is 0 Å². The fourth-order valence-corrected chi connectivity index (χ4v) is 3.14. The smallest absolute Gasteiger partial charge is 0.252 e. The van der Waals surface area contributed by atoms with Crippen LogP contribution in [0.2, 0.25) is 0 Å². The van der Waals surface area contributed by atoms with E-state index >= 15 is 0 Å². The lowest BCUT2D eigenvalue weighted by atomic mass is 9.98. The van der Waals surface area contributed by atoms with Crippen molar-refractivity contribution in [1.82, 2.24) is 16.2 Å². The van der Waals surface area contributed by atoms with E-state index in [4.69, 9.17) is 0 Å². The van der Waals surface area contributed by atoms with Crippen LogP contribution in [0.1, 0.15) is 48.7 Å². The average Bonchev–Trinajstić information content (AvgIpc) is 3.08. The van der Waals surface area contributed by atoms with E-state index in [9.17, 15) is 9.59 Å². The van der Waals surface area contributed by atoms with Crippen molar-refractivity contribution >= 4 is 23.2 Å². The van der Waals surface area contributed by atoms with E-state index in [-0.39, 0.29) is 24.4 Å². The highest BCUT2D eigenvalue weighted by atomic mass is 32.1. The molecule has 1 aromatic carbocycles. The van der Waals surface area contributed by atoms with Crippen molar-refractivity contribution < 1.29 is 9.59 Å². The summed E-state index contributed by atoms with van der Waals surface area (Å²) in [5.41, 5.74) is 7.04. The van der Waals surface area contributed by atoms with Gasteiger partial charge in [0.25, 0.3) is 5.91 Å². The Hall–Kier alpha value is -2.18. The number of thiophene rings is 1. The third-order valence-corrected chi connectivity index (χ3v) is 4.55. The molecule has 0 saturated heterocycles. The molecule has 24 heavy (non-hydrogen) atoms. The predicted octanol–water partition coefficient (Wildman–Crippen LogP) is 2.72. The Bertz CT molecular complexity index is 666. The molecule has 0 radical (unpaired) electrons. The lowest BCUT2D eigenvalue weighted by molar-refractivity contribution is -0.127. The summed E-state index contributed by atoms with van der Waals surface area (Å²) in [4.78, 5) is 23.8. The molecule has 0 spiro atoms. The lowest BCUT2D eigenvalue weighted by Gasteiger charge is -2.19. The SMILES string of the molecule is CC(=O)NNC(=O)CN[C@H](c1ccc(C(C)C)cc1)c1cccs1. The van der Waals surface area contributed by atoms with Crippen LogP contribution in [0.15, 0.2) is 41.8 Å². The van der Waals surface area contributed by atoms with Crippen LogP contribution < -0.4 is 16.2 Å². The molecule has 3 N–H and O–H groups in total. The van der Waals surface area contributed by atoms with Crippen molar-refractivity contribution in [2.24, 2.45) is 0 Å². The number of amides is 2. The van der Waals surface area contributed by atoms with E-state index in [0.29, 0.717) is 5.92 Å². The first kappa shape index (κ1) is 18.2. The number of carbonyl (C=O) groups excluding carboxylic acids is 2. The Kier molecular flexibility index (Phi) is 6.52. The maximum atomic E-state index is 11.8. The Balaban J connectivity index is 2.08. The summed E-state index contributed by atoms with van der Waals surface area (Å²) in [5.74, 6) is -0.108. The first-order valence-corrected chi connectivity index (χ1v) is 8.77. The molecule has 0 fully saturated rings. The molecule has 0 bridgehead atoms. The predicted molar refractivity (Wildman–Crippen MR) is 96.7 cm³/mol. The minimum atomic E-state index is -0.303. The number of benzene rings is 1. The molecule has 6 heteroatoms. The van der Waals surface area contributed by atoms with Crippen molar-refractivity contribution in [3.05, 3.63) is 57.8 Å². The molecule has 5 nitrogen and oxygen atoms in total. The van der Waals surface area contributed by atoms with Gasteiger partial charge in [-0.25, -0.2) is 0 Å². The van der Waals surface area contributed by atoms with Gasteiger partial charge in [-0.3, -0.25) is 25.8 Å². The lowest BCUT2D eigenvalue weighted by Crippen LogP contribution is -2.45. The highest BCUT2D eigenvalue weighted by Crippen LogP contribution is 2.27. The van der Waals surface area contributed by atoms with Crippen LogP contribution in [-0.2, 0) is 9.59 Å². The molecule has 1 heterocycles. The van der Waals surface area contributed by atoms with Gasteiger partial charge in [0.05, 0.1) is 12.6 Å². The Morgan fingerprint density at radius 2 is 1.71 bits per heavy atom. The zero-order chi connectivity index (χ0) is 17.5. The molecule has 128 valence electrons. The minimum Gasteiger partial charge on any atom is -0.297 e. The van der Waals surface area contributed by atoms with E-state index < -0.39 is 0 Å². The second kappa shape index (κ2) is 8.61. The molecule has 0 aliphatic heterocycles. The maximum Gasteiger partial charge on any atom is 0.252 e. The quantitative estimate of drug-likeness (QED) is 0.705. The van der Waals surface area contributed by atoms with Crippen LogP contribution in [0.5, 0.6) is 0 Å². The van der Waals surface area contributed by atoms with Gasteiger partial charge >= 0.3 is 0 Å². The summed E-state index contributed by atoms with van der Waals surface area (Å²) in [7, 11) is 0. The van der Waals surface area contributed by atoms with E-state index in [1.54, 1.807) is 11.3 Å². The first-order valence-electron chi connectivity index (χ1n) is 7.89. The van der Waals surface area contributed by atoms with Crippen LogP contribution in [0, 0.1) is 0 Å². The van der Waals surface area contributed by atoms with Gasteiger partial charge in [-0.15, -0.1) is 11.3 Å². The minimum absolute atomic E-state index is 0.0608. The molecule has 1 aromatic heterocycles. The molecule has 0 aliphatic rings. The zero-order valence-electron chi connectivity index (χ0n) is 14.1. The molecule has 0 saturated carbocycles. The fourth-order valence-electron chi connectivity index (χ4n) is 2.31. The van der Waals surface area contributed by atoms with Crippen LogP contribution in [0.25, 0.3) is 0 Å². The third-order valence-electron chi connectivity index (χ3n) is 3.61. The molecule has 0 unspecified atom stereocenters. The molecular formula is C18H23N3O2S. The standard InChI is InChI=1S/C18H23N3O2S/c1-12(2)14-6-8-15(9-7-14)18(16-5-4-10-24-16)19-11-17(23)21-20-13(3)22/h4-10,12,18-19H,11H2,1-3H3,(H,20,22)(H,21,23)/t18-/m1/s1. The summed E-state index contributed by atoms with van der Waals surface area (Å²) >= 11 is 1.64. The molecule has 2 amide bonds. The Morgan fingerprint density at radius 1 is 1.04 bits per heavy atom. The molecule has 2 rings (SSSR count). The third kappa shape index (κ3) is 5.18. The maximum absolute atomic E-state index is 11.8. The second-order valence-corrected chi connectivity index (χ2v) is 6.86. The summed E-state index contributed by atoms with van der Waals surface area (Å²) in [5, 5.41) is 5.28. The number of hydrogen-bond acceptors (Lipinski definition) is 4. The summed E-state index contributed by atoms with van der Waals surface area (Å²) in [6.45, 7) is 5.78. The number of rotatable bonds is 6. The van der Waals surface area contributed by atoms with Gasteiger partial charge in [0.2, 0.25) is 5.91 Å². The van der Waals surface area contributed by atoms with E-state index in [1.165, 1.54) is 12.5 Å². The van der Waals surface area contributed by atoms with E-state index in [0.717, 1.165) is 10.4 Å². The van der Waals surface area contributed by atoms with Crippen LogP contribution in [0.3, 0.4) is 0 Å². The van der Waals surface area contributed by atoms with Gasteiger partial charge in [0.15, 0.2) is 0 Å². The highest BCUT2D eigenvalue weighted by Gasteiger charge is 2.16. The van der Waals surface area contributed by atoms with Crippen LogP contribution in [-0.4, -0.2) is 18.4 Å². The van der Waals surface area contributed by atoms with Crippen molar-refractivity contribution in [1.29, 1.82) is 0 Å². The van der Waals surface area contributed by atoms with Crippen LogP contribution in [0.4, 0.5) is 0 Å². The largest absolute Gasteiger partial charge is 0.297 e. The van der Waals surface area contributed by atoms with Crippen molar-refractivity contribution in [2.45, 2.75) is 32.7 Å². The van der Waals surface area contributed by atoms with Crippen molar-refractivity contribution in [3.63, 3.8) is 0 Å². The summed E-state index contributed by atoms with van der Waals surface area (Å²) in [6.07, 6.45) is 0. The molecule has 1 atom stereocenters.